The van der Waals surface area contributed by atoms with E-state index in [1.165, 1.54) is 0 Å². The second kappa shape index (κ2) is 3.47. The van der Waals surface area contributed by atoms with Gasteiger partial charge >= 0.3 is 5.97 Å². The van der Waals surface area contributed by atoms with Crippen molar-refractivity contribution < 1.29 is 19.4 Å². The van der Waals surface area contributed by atoms with Gasteiger partial charge in [-0.1, -0.05) is 12.1 Å². The van der Waals surface area contributed by atoms with Crippen LogP contribution in [0.5, 0.6) is 5.75 Å². The van der Waals surface area contributed by atoms with E-state index in [9.17, 15) is 9.90 Å². The normalized spacial score (nSPS) is 34.2. The second-order valence-corrected chi connectivity index (χ2v) is 4.75. The first-order chi connectivity index (χ1) is 8.17. The number of hydrogen-bond acceptors (Lipinski definition) is 3. The van der Waals surface area contributed by atoms with E-state index in [0.717, 1.165) is 17.7 Å². The summed E-state index contributed by atoms with van der Waals surface area (Å²) < 4.78 is 10.6. The molecule has 17 heavy (non-hydrogen) atoms. The van der Waals surface area contributed by atoms with Gasteiger partial charge in [-0.2, -0.15) is 0 Å². The summed E-state index contributed by atoms with van der Waals surface area (Å²) in [7, 11) is 1.62. The van der Waals surface area contributed by atoms with Crippen LogP contribution in [0.3, 0.4) is 0 Å². The van der Waals surface area contributed by atoms with Gasteiger partial charge < -0.3 is 14.6 Å². The molecule has 1 aliphatic carbocycles. The summed E-state index contributed by atoms with van der Waals surface area (Å²) in [5.74, 6) is -0.364. The Kier molecular flexibility index (Phi) is 2.16. The zero-order chi connectivity index (χ0) is 12.0. The van der Waals surface area contributed by atoms with Crippen LogP contribution in [-0.4, -0.2) is 30.9 Å². The first-order valence-corrected chi connectivity index (χ1v) is 5.66. The summed E-state index contributed by atoms with van der Waals surface area (Å²) in [5, 5.41) is 9.24. The average molecular weight is 234 g/mol. The van der Waals surface area contributed by atoms with Crippen molar-refractivity contribution in [3.63, 3.8) is 0 Å². The van der Waals surface area contributed by atoms with Crippen molar-refractivity contribution in [2.24, 2.45) is 5.92 Å². The fourth-order valence-corrected chi connectivity index (χ4v) is 3.06. The van der Waals surface area contributed by atoms with Crippen molar-refractivity contribution in [1.29, 1.82) is 0 Å². The lowest BCUT2D eigenvalue weighted by Crippen LogP contribution is -2.52. The van der Waals surface area contributed by atoms with E-state index in [0.29, 0.717) is 6.61 Å². The molecule has 0 aromatic heterocycles. The fraction of sp³-hybridized carbons (Fsp3) is 0.462. The molecule has 4 nitrogen and oxygen atoms in total. The van der Waals surface area contributed by atoms with Gasteiger partial charge in [0.15, 0.2) is 0 Å². The molecular formula is C13H14O4. The van der Waals surface area contributed by atoms with E-state index in [1.54, 1.807) is 7.11 Å². The fourth-order valence-electron chi connectivity index (χ4n) is 3.06. The van der Waals surface area contributed by atoms with Gasteiger partial charge in [-0.05, 0) is 24.1 Å². The van der Waals surface area contributed by atoms with Crippen LogP contribution >= 0.6 is 0 Å². The van der Waals surface area contributed by atoms with Crippen molar-refractivity contribution in [3.05, 3.63) is 29.8 Å². The summed E-state index contributed by atoms with van der Waals surface area (Å²) in [6.07, 6.45) is 0.714. The molecule has 4 rings (SSSR count). The molecule has 3 aliphatic rings. The van der Waals surface area contributed by atoms with Gasteiger partial charge in [0.05, 0.1) is 25.7 Å². The minimum atomic E-state index is -0.755. The van der Waals surface area contributed by atoms with Crippen LogP contribution in [0.4, 0.5) is 0 Å². The van der Waals surface area contributed by atoms with Crippen molar-refractivity contribution in [2.75, 3.05) is 13.7 Å². The van der Waals surface area contributed by atoms with E-state index in [4.69, 9.17) is 9.47 Å². The molecule has 1 N–H and O–H groups in total. The van der Waals surface area contributed by atoms with Crippen LogP contribution in [0.15, 0.2) is 24.3 Å². The van der Waals surface area contributed by atoms with Gasteiger partial charge in [-0.25, -0.2) is 0 Å². The quantitative estimate of drug-likeness (QED) is 0.859. The largest absolute Gasteiger partial charge is 0.497 e. The number of benzene rings is 1. The van der Waals surface area contributed by atoms with E-state index < -0.39 is 11.9 Å². The molecule has 0 amide bonds. The number of carbonyl (C=O) groups is 1. The number of carboxylic acid groups (broad SMARTS) is 1. The smallest absolute Gasteiger partial charge is 0.310 e. The van der Waals surface area contributed by atoms with Crippen LogP contribution in [0.25, 0.3) is 0 Å². The Morgan fingerprint density at radius 1 is 1.47 bits per heavy atom. The number of methoxy groups -OCH3 is 1. The molecule has 2 bridgehead atoms. The molecule has 0 spiro atoms. The maximum atomic E-state index is 11.2. The standard InChI is InChI=1S/C13H14O4/c1-16-9-4-2-8(3-5-9)13-6-10(17-7-13)11(13)12(14)15/h2-5,10-11H,6-7H2,1H3,(H,14,15)/t10-,11+,13-/m1/s1. The molecule has 3 fully saturated rings. The molecule has 1 saturated carbocycles. The van der Waals surface area contributed by atoms with Gasteiger partial charge in [0.2, 0.25) is 0 Å². The first kappa shape index (κ1) is 10.6. The topological polar surface area (TPSA) is 55.8 Å². The van der Waals surface area contributed by atoms with Gasteiger partial charge in [-0.3, -0.25) is 4.79 Å². The number of ether oxygens (including phenoxy) is 2. The number of fused-ring (bicyclic) bond motifs is 1. The third kappa shape index (κ3) is 1.30. The Morgan fingerprint density at radius 2 is 2.18 bits per heavy atom. The van der Waals surface area contributed by atoms with Gasteiger partial charge in [-0.15, -0.1) is 0 Å². The van der Waals surface area contributed by atoms with Crippen LogP contribution < -0.4 is 4.74 Å². The second-order valence-electron chi connectivity index (χ2n) is 4.75. The Balaban J connectivity index is 1.95. The summed E-state index contributed by atoms with van der Waals surface area (Å²) in [6.45, 7) is 0.515. The summed E-state index contributed by atoms with van der Waals surface area (Å²) in [4.78, 5) is 11.2. The lowest BCUT2D eigenvalue weighted by Gasteiger charge is -2.42. The highest BCUT2D eigenvalue weighted by Gasteiger charge is 2.64. The van der Waals surface area contributed by atoms with Crippen LogP contribution in [0.1, 0.15) is 12.0 Å². The van der Waals surface area contributed by atoms with E-state index >= 15 is 0 Å². The van der Waals surface area contributed by atoms with Crippen molar-refractivity contribution in [3.8, 4) is 5.75 Å². The Bertz CT molecular complexity index is 449. The molecule has 1 aromatic carbocycles. The first-order valence-electron chi connectivity index (χ1n) is 5.66. The number of hydrogen-bond donors (Lipinski definition) is 1. The van der Waals surface area contributed by atoms with Crippen molar-refractivity contribution >= 4 is 5.97 Å². The maximum Gasteiger partial charge on any atom is 0.310 e. The lowest BCUT2D eigenvalue weighted by atomic mass is 9.58. The summed E-state index contributed by atoms with van der Waals surface area (Å²) >= 11 is 0. The number of carboxylic acids is 1. The maximum absolute atomic E-state index is 11.2. The van der Waals surface area contributed by atoms with E-state index in [-0.39, 0.29) is 11.5 Å². The molecule has 4 heteroatoms. The highest BCUT2D eigenvalue weighted by molar-refractivity contribution is 5.76. The predicted molar refractivity (Wildman–Crippen MR) is 60.2 cm³/mol. The predicted octanol–water partition coefficient (Wildman–Crippen LogP) is 1.44. The zero-order valence-corrected chi connectivity index (χ0v) is 9.55. The number of aliphatic carboxylic acids is 1. The van der Waals surface area contributed by atoms with E-state index in [2.05, 4.69) is 0 Å². The molecule has 2 aliphatic heterocycles. The molecular weight excluding hydrogens is 220 g/mol. The molecule has 2 saturated heterocycles. The third-order valence-corrected chi connectivity index (χ3v) is 4.02. The summed E-state index contributed by atoms with van der Waals surface area (Å²) in [6, 6.07) is 7.63. The molecule has 1 aromatic rings. The van der Waals surface area contributed by atoms with Crippen LogP contribution in [-0.2, 0) is 14.9 Å². The third-order valence-electron chi connectivity index (χ3n) is 4.02. The molecule has 90 valence electrons. The van der Waals surface area contributed by atoms with Gasteiger partial charge in [0.1, 0.15) is 5.75 Å². The van der Waals surface area contributed by atoms with Gasteiger partial charge in [0, 0.05) is 5.41 Å². The zero-order valence-electron chi connectivity index (χ0n) is 9.55. The highest BCUT2D eigenvalue weighted by Crippen LogP contribution is 2.56. The van der Waals surface area contributed by atoms with Gasteiger partial charge in [0.25, 0.3) is 0 Å². The Morgan fingerprint density at radius 3 is 2.71 bits per heavy atom. The van der Waals surface area contributed by atoms with Crippen molar-refractivity contribution in [1.82, 2.24) is 0 Å². The molecule has 2 heterocycles. The monoisotopic (exact) mass is 234 g/mol. The molecule has 3 atom stereocenters. The lowest BCUT2D eigenvalue weighted by molar-refractivity contribution is -0.150. The minimum absolute atomic E-state index is 0.102. The van der Waals surface area contributed by atoms with E-state index in [1.807, 2.05) is 24.3 Å². The summed E-state index contributed by atoms with van der Waals surface area (Å²) in [5.41, 5.74) is 0.724. The average Bonchev–Trinajstić information content (AvgIpc) is 2.87. The SMILES string of the molecule is COc1ccc([C@]23CO[C@H](C2)[C@H]3C(=O)O)cc1. The number of rotatable bonds is 3. The molecule has 0 radical (unpaired) electrons. The van der Waals surface area contributed by atoms with Crippen LogP contribution in [0.2, 0.25) is 0 Å². The highest BCUT2D eigenvalue weighted by atomic mass is 16.5. The van der Waals surface area contributed by atoms with Crippen LogP contribution in [0, 0.1) is 5.92 Å². The molecule has 0 unspecified atom stereocenters. The Hall–Kier alpha value is -1.55. The van der Waals surface area contributed by atoms with Crippen molar-refractivity contribution in [2.45, 2.75) is 17.9 Å². The minimum Gasteiger partial charge on any atom is -0.497 e. The Labute approximate surface area is 99.2 Å².